The number of amides is 2. The van der Waals surface area contributed by atoms with Crippen LogP contribution in [0.3, 0.4) is 0 Å². The maximum atomic E-state index is 13.3. The SMILES string of the molecule is O=C(Nc1cc(F)c(O)c(F)c1)NC12CC3CC(CC(C3)C1)C2. The third-order valence-electron chi connectivity index (χ3n) is 5.69. The van der Waals surface area contributed by atoms with Crippen LogP contribution in [0.1, 0.15) is 38.5 Å². The molecule has 6 heteroatoms. The fourth-order valence-corrected chi connectivity index (χ4v) is 5.30. The molecule has 0 spiro atoms. The monoisotopic (exact) mass is 322 g/mol. The second kappa shape index (κ2) is 5.08. The summed E-state index contributed by atoms with van der Waals surface area (Å²) < 4.78 is 26.7. The number of carbonyl (C=O) groups is 1. The van der Waals surface area contributed by atoms with E-state index in [0.29, 0.717) is 17.8 Å². The molecule has 2 amide bonds. The van der Waals surface area contributed by atoms with Gasteiger partial charge in [0, 0.05) is 23.4 Å². The van der Waals surface area contributed by atoms with E-state index in [1.54, 1.807) is 0 Å². The van der Waals surface area contributed by atoms with Crippen LogP contribution in [0.5, 0.6) is 5.75 Å². The summed E-state index contributed by atoms with van der Waals surface area (Å²) >= 11 is 0. The number of phenolic OH excluding ortho intramolecular Hbond substituents is 1. The van der Waals surface area contributed by atoms with Gasteiger partial charge in [-0.15, -0.1) is 0 Å². The van der Waals surface area contributed by atoms with Gasteiger partial charge in [-0.05, 0) is 56.3 Å². The lowest BCUT2D eigenvalue weighted by molar-refractivity contribution is -0.0127. The van der Waals surface area contributed by atoms with Crippen molar-refractivity contribution in [3.8, 4) is 5.75 Å². The van der Waals surface area contributed by atoms with Crippen molar-refractivity contribution in [2.24, 2.45) is 17.8 Å². The molecular formula is C17H20F2N2O2. The van der Waals surface area contributed by atoms with Crippen LogP contribution in [0.4, 0.5) is 19.3 Å². The summed E-state index contributed by atoms with van der Waals surface area (Å²) in [4.78, 5) is 12.3. The number of aromatic hydroxyl groups is 1. The molecule has 0 saturated heterocycles. The van der Waals surface area contributed by atoms with Crippen molar-refractivity contribution in [2.45, 2.75) is 44.1 Å². The van der Waals surface area contributed by atoms with E-state index in [1.165, 1.54) is 19.3 Å². The van der Waals surface area contributed by atoms with Crippen LogP contribution in [0, 0.1) is 29.4 Å². The molecule has 4 saturated carbocycles. The quantitative estimate of drug-likeness (QED) is 0.726. The molecule has 3 N–H and O–H groups in total. The fraction of sp³-hybridized carbons (Fsp3) is 0.588. The molecule has 4 aliphatic carbocycles. The van der Waals surface area contributed by atoms with Gasteiger partial charge in [-0.3, -0.25) is 0 Å². The first-order chi connectivity index (χ1) is 10.9. The molecule has 0 atom stereocenters. The van der Waals surface area contributed by atoms with Gasteiger partial charge in [0.1, 0.15) is 0 Å². The third kappa shape index (κ3) is 2.64. The number of anilines is 1. The lowest BCUT2D eigenvalue weighted by atomic mass is 9.53. The molecule has 1 aromatic carbocycles. The van der Waals surface area contributed by atoms with Crippen LogP contribution < -0.4 is 10.6 Å². The fourth-order valence-electron chi connectivity index (χ4n) is 5.30. The topological polar surface area (TPSA) is 61.4 Å². The largest absolute Gasteiger partial charge is 0.503 e. The standard InChI is InChI=1S/C17H20F2N2O2/c18-13-4-12(5-14(19)15(13)22)20-16(23)21-17-6-9-1-10(7-17)3-11(2-9)8-17/h4-5,9-11,22H,1-3,6-8H2,(H2,20,21,23). The molecular weight excluding hydrogens is 302 g/mol. The molecule has 0 aromatic heterocycles. The molecule has 124 valence electrons. The molecule has 0 heterocycles. The van der Waals surface area contributed by atoms with Gasteiger partial charge < -0.3 is 15.7 Å². The molecule has 4 nitrogen and oxygen atoms in total. The molecule has 1 aromatic rings. The van der Waals surface area contributed by atoms with Crippen LogP contribution >= 0.6 is 0 Å². The van der Waals surface area contributed by atoms with E-state index in [2.05, 4.69) is 10.6 Å². The highest BCUT2D eigenvalue weighted by Crippen LogP contribution is 2.55. The van der Waals surface area contributed by atoms with Gasteiger partial charge in [-0.25, -0.2) is 13.6 Å². The zero-order valence-electron chi connectivity index (χ0n) is 12.7. The van der Waals surface area contributed by atoms with E-state index in [4.69, 9.17) is 5.11 Å². The predicted octanol–water partition coefficient (Wildman–Crippen LogP) is 3.76. The van der Waals surface area contributed by atoms with Gasteiger partial charge in [-0.2, -0.15) is 0 Å². The highest BCUT2D eigenvalue weighted by Gasteiger charge is 2.51. The van der Waals surface area contributed by atoms with Crippen molar-refractivity contribution < 1.29 is 18.7 Å². The number of hydrogen-bond acceptors (Lipinski definition) is 2. The maximum absolute atomic E-state index is 13.3. The summed E-state index contributed by atoms with van der Waals surface area (Å²) in [6, 6.07) is 1.39. The molecule has 5 rings (SSSR count). The number of hydrogen-bond donors (Lipinski definition) is 3. The summed E-state index contributed by atoms with van der Waals surface area (Å²) in [6.45, 7) is 0. The molecule has 23 heavy (non-hydrogen) atoms. The second-order valence-corrected chi connectivity index (χ2v) is 7.57. The van der Waals surface area contributed by atoms with Crippen molar-refractivity contribution in [3.63, 3.8) is 0 Å². The van der Waals surface area contributed by atoms with Gasteiger partial charge >= 0.3 is 6.03 Å². The number of benzene rings is 1. The van der Waals surface area contributed by atoms with Crippen LogP contribution in [0.2, 0.25) is 0 Å². The second-order valence-electron chi connectivity index (χ2n) is 7.57. The third-order valence-corrected chi connectivity index (χ3v) is 5.69. The number of carbonyl (C=O) groups excluding carboxylic acids is 1. The lowest BCUT2D eigenvalue weighted by Crippen LogP contribution is -2.60. The van der Waals surface area contributed by atoms with Crippen LogP contribution in [0.25, 0.3) is 0 Å². The minimum Gasteiger partial charge on any atom is -0.503 e. The average molecular weight is 322 g/mol. The average Bonchev–Trinajstić information content (AvgIpc) is 2.42. The zero-order valence-corrected chi connectivity index (χ0v) is 12.7. The smallest absolute Gasteiger partial charge is 0.319 e. The van der Waals surface area contributed by atoms with Crippen LogP contribution in [-0.2, 0) is 0 Å². The number of halogens is 2. The Morgan fingerprint density at radius 2 is 1.52 bits per heavy atom. The highest BCUT2D eigenvalue weighted by atomic mass is 19.1. The van der Waals surface area contributed by atoms with Gasteiger partial charge in [0.15, 0.2) is 17.4 Å². The summed E-state index contributed by atoms with van der Waals surface area (Å²) in [7, 11) is 0. The van der Waals surface area contributed by atoms with E-state index < -0.39 is 23.4 Å². The zero-order chi connectivity index (χ0) is 16.2. The van der Waals surface area contributed by atoms with Gasteiger partial charge in [0.25, 0.3) is 0 Å². The van der Waals surface area contributed by atoms with E-state index in [-0.39, 0.29) is 11.2 Å². The van der Waals surface area contributed by atoms with Crippen molar-refractivity contribution in [1.29, 1.82) is 0 Å². The van der Waals surface area contributed by atoms with Crippen molar-refractivity contribution in [1.82, 2.24) is 5.32 Å². The highest BCUT2D eigenvalue weighted by molar-refractivity contribution is 5.90. The molecule has 0 unspecified atom stereocenters. The lowest BCUT2D eigenvalue weighted by Gasteiger charge is -2.56. The Kier molecular flexibility index (Phi) is 3.25. The Balaban J connectivity index is 1.46. The Labute approximate surface area is 133 Å². The molecule has 0 radical (unpaired) electrons. The van der Waals surface area contributed by atoms with Gasteiger partial charge in [0.2, 0.25) is 0 Å². The Bertz CT molecular complexity index is 604. The Morgan fingerprint density at radius 1 is 1.04 bits per heavy atom. The van der Waals surface area contributed by atoms with Crippen LogP contribution in [0.15, 0.2) is 12.1 Å². The summed E-state index contributed by atoms with van der Waals surface area (Å²) in [5, 5.41) is 14.7. The van der Waals surface area contributed by atoms with E-state index in [1.807, 2.05) is 0 Å². The first-order valence-electron chi connectivity index (χ1n) is 8.20. The van der Waals surface area contributed by atoms with E-state index in [0.717, 1.165) is 31.4 Å². The summed E-state index contributed by atoms with van der Waals surface area (Å²) in [5.41, 5.74) is -0.160. The minimum absolute atomic E-state index is 0.0000262. The van der Waals surface area contributed by atoms with E-state index in [9.17, 15) is 13.6 Å². The molecule has 4 fully saturated rings. The van der Waals surface area contributed by atoms with Crippen molar-refractivity contribution in [3.05, 3.63) is 23.8 Å². The number of rotatable bonds is 2. The molecule has 0 aliphatic heterocycles. The number of phenols is 1. The van der Waals surface area contributed by atoms with Gasteiger partial charge in [0.05, 0.1) is 0 Å². The van der Waals surface area contributed by atoms with Crippen molar-refractivity contribution >= 4 is 11.7 Å². The van der Waals surface area contributed by atoms with Crippen molar-refractivity contribution in [2.75, 3.05) is 5.32 Å². The number of urea groups is 1. The maximum Gasteiger partial charge on any atom is 0.319 e. The Morgan fingerprint density at radius 3 is 2.00 bits per heavy atom. The summed E-state index contributed by atoms with van der Waals surface area (Å²) in [6.07, 6.45) is 6.84. The molecule has 4 bridgehead atoms. The first-order valence-corrected chi connectivity index (χ1v) is 8.20. The minimum atomic E-state index is -1.09. The van der Waals surface area contributed by atoms with Crippen LogP contribution in [-0.4, -0.2) is 16.7 Å². The summed E-state index contributed by atoms with van der Waals surface area (Å²) in [5.74, 6) is -1.11. The predicted molar refractivity (Wildman–Crippen MR) is 81.1 cm³/mol. The first kappa shape index (κ1) is 14.7. The molecule has 4 aliphatic rings. The normalized spacial score (nSPS) is 34.4. The van der Waals surface area contributed by atoms with E-state index >= 15 is 0 Å². The Hall–Kier alpha value is -1.85. The number of nitrogens with one attached hydrogen (secondary N) is 2. The van der Waals surface area contributed by atoms with Gasteiger partial charge in [-0.1, -0.05) is 0 Å².